The Morgan fingerprint density at radius 1 is 1.35 bits per heavy atom. The zero-order valence-corrected chi connectivity index (χ0v) is 12.3. The van der Waals surface area contributed by atoms with Gasteiger partial charge in [-0.05, 0) is 11.4 Å². The highest BCUT2D eigenvalue weighted by Gasteiger charge is 2.23. The van der Waals surface area contributed by atoms with Gasteiger partial charge in [-0.25, -0.2) is 4.98 Å². The highest BCUT2D eigenvalue weighted by molar-refractivity contribution is 7.10. The Hall–Kier alpha value is -1.82. The minimum atomic E-state index is 0.229. The molecule has 3 rings (SSSR count). The minimum Gasteiger partial charge on any atom is -0.339 e. The van der Waals surface area contributed by atoms with E-state index in [4.69, 9.17) is 0 Å². The summed E-state index contributed by atoms with van der Waals surface area (Å²) in [4.78, 5) is 21.9. The van der Waals surface area contributed by atoms with Gasteiger partial charge in [0.1, 0.15) is 0 Å². The van der Waals surface area contributed by atoms with Crippen LogP contribution in [-0.2, 0) is 18.3 Å². The molecule has 0 atom stereocenters. The van der Waals surface area contributed by atoms with Gasteiger partial charge < -0.3 is 14.4 Å². The summed E-state index contributed by atoms with van der Waals surface area (Å²) < 4.78 is 2.02. The first-order valence-corrected chi connectivity index (χ1v) is 7.64. The second-order valence-corrected chi connectivity index (χ2v) is 5.99. The third-order valence-electron chi connectivity index (χ3n) is 3.62. The van der Waals surface area contributed by atoms with Crippen molar-refractivity contribution >= 4 is 23.2 Å². The molecule has 1 aliphatic rings. The molecule has 0 bridgehead atoms. The van der Waals surface area contributed by atoms with E-state index in [1.165, 1.54) is 0 Å². The highest BCUT2D eigenvalue weighted by Crippen LogP contribution is 2.15. The van der Waals surface area contributed by atoms with Gasteiger partial charge in [-0.15, -0.1) is 11.3 Å². The third-order valence-corrected chi connectivity index (χ3v) is 4.49. The topological polar surface area (TPSA) is 41.4 Å². The van der Waals surface area contributed by atoms with Crippen LogP contribution < -0.4 is 4.90 Å². The fourth-order valence-electron chi connectivity index (χ4n) is 2.49. The monoisotopic (exact) mass is 290 g/mol. The summed E-state index contributed by atoms with van der Waals surface area (Å²) in [6.45, 7) is 3.25. The van der Waals surface area contributed by atoms with Gasteiger partial charge in [0, 0.05) is 50.5 Å². The van der Waals surface area contributed by atoms with Crippen LogP contribution in [0.15, 0.2) is 29.9 Å². The van der Waals surface area contributed by atoms with E-state index >= 15 is 0 Å². The minimum absolute atomic E-state index is 0.229. The lowest BCUT2D eigenvalue weighted by atomic mass is 10.2. The van der Waals surface area contributed by atoms with Crippen LogP contribution in [0.5, 0.6) is 0 Å². The normalized spacial score (nSPS) is 15.7. The van der Waals surface area contributed by atoms with Gasteiger partial charge >= 0.3 is 0 Å². The maximum atomic E-state index is 12.2. The molecule has 20 heavy (non-hydrogen) atoms. The van der Waals surface area contributed by atoms with E-state index in [0.717, 1.165) is 37.0 Å². The zero-order valence-electron chi connectivity index (χ0n) is 11.5. The molecule has 2 aromatic rings. The molecule has 0 saturated carbocycles. The first-order valence-electron chi connectivity index (χ1n) is 6.76. The molecular weight excluding hydrogens is 272 g/mol. The van der Waals surface area contributed by atoms with Gasteiger partial charge in [-0.3, -0.25) is 4.79 Å². The Morgan fingerprint density at radius 3 is 2.75 bits per heavy atom. The summed E-state index contributed by atoms with van der Waals surface area (Å²) in [5.41, 5.74) is 0. The van der Waals surface area contributed by atoms with E-state index < -0.39 is 0 Å². The predicted octanol–water partition coefficient (Wildman–Crippen LogP) is 1.37. The molecule has 1 saturated heterocycles. The maximum absolute atomic E-state index is 12.2. The number of aromatic nitrogens is 2. The summed E-state index contributed by atoms with van der Waals surface area (Å²) in [5.74, 6) is 1.21. The van der Waals surface area contributed by atoms with Gasteiger partial charge in [-0.1, -0.05) is 6.07 Å². The van der Waals surface area contributed by atoms with Crippen molar-refractivity contribution in [3.05, 3.63) is 34.8 Å². The number of thiophene rings is 1. The van der Waals surface area contributed by atoms with Gasteiger partial charge in [0.15, 0.2) is 0 Å². The molecule has 1 aliphatic heterocycles. The number of piperazine rings is 1. The molecule has 1 amide bonds. The van der Waals surface area contributed by atoms with Gasteiger partial charge in [0.2, 0.25) is 11.9 Å². The average molecular weight is 290 g/mol. The van der Waals surface area contributed by atoms with Crippen molar-refractivity contribution < 1.29 is 4.79 Å². The number of hydrogen-bond donors (Lipinski definition) is 0. The molecule has 0 spiro atoms. The van der Waals surface area contributed by atoms with Crippen LogP contribution >= 0.6 is 11.3 Å². The Bertz CT molecular complexity index is 570. The summed E-state index contributed by atoms with van der Waals surface area (Å²) >= 11 is 1.64. The quantitative estimate of drug-likeness (QED) is 0.857. The van der Waals surface area contributed by atoms with Crippen LogP contribution in [0.3, 0.4) is 0 Å². The fraction of sp³-hybridized carbons (Fsp3) is 0.429. The Labute approximate surface area is 122 Å². The second-order valence-electron chi connectivity index (χ2n) is 4.96. The number of anilines is 1. The van der Waals surface area contributed by atoms with E-state index in [1.807, 2.05) is 46.4 Å². The number of nitrogens with zero attached hydrogens (tertiary/aromatic N) is 4. The van der Waals surface area contributed by atoms with E-state index in [-0.39, 0.29) is 5.91 Å². The zero-order chi connectivity index (χ0) is 13.9. The molecule has 0 aromatic carbocycles. The van der Waals surface area contributed by atoms with E-state index in [1.54, 1.807) is 11.3 Å². The van der Waals surface area contributed by atoms with Crippen LogP contribution in [0.25, 0.3) is 0 Å². The van der Waals surface area contributed by atoms with E-state index in [2.05, 4.69) is 9.88 Å². The maximum Gasteiger partial charge on any atom is 0.227 e. The first kappa shape index (κ1) is 13.2. The molecule has 2 aromatic heterocycles. The molecule has 106 valence electrons. The molecular formula is C14H18N4OS. The lowest BCUT2D eigenvalue weighted by Crippen LogP contribution is -2.49. The largest absolute Gasteiger partial charge is 0.339 e. The summed E-state index contributed by atoms with van der Waals surface area (Å²) in [5, 5.41) is 2.02. The Morgan fingerprint density at radius 2 is 2.15 bits per heavy atom. The molecule has 0 N–H and O–H groups in total. The van der Waals surface area contributed by atoms with Crippen LogP contribution in [-0.4, -0.2) is 46.5 Å². The molecule has 5 nitrogen and oxygen atoms in total. The summed E-state index contributed by atoms with van der Waals surface area (Å²) in [6.07, 6.45) is 4.29. The van der Waals surface area contributed by atoms with Crippen LogP contribution in [0.1, 0.15) is 4.88 Å². The standard InChI is InChI=1S/C14H18N4OS/c1-16-5-4-15-14(16)18-8-6-17(7-9-18)13(19)11-12-3-2-10-20-12/h2-5,10H,6-9,11H2,1H3. The molecule has 0 unspecified atom stereocenters. The van der Waals surface area contributed by atoms with Crippen LogP contribution in [0.4, 0.5) is 5.95 Å². The van der Waals surface area contributed by atoms with Crippen molar-refractivity contribution in [3.8, 4) is 0 Å². The average Bonchev–Trinajstić information content (AvgIpc) is 3.10. The summed E-state index contributed by atoms with van der Waals surface area (Å²) in [6, 6.07) is 4.01. The van der Waals surface area contributed by atoms with Crippen molar-refractivity contribution in [2.24, 2.45) is 7.05 Å². The third kappa shape index (κ3) is 2.70. The Kier molecular flexibility index (Phi) is 3.73. The van der Waals surface area contributed by atoms with Crippen molar-refractivity contribution in [2.45, 2.75) is 6.42 Å². The molecule has 0 aliphatic carbocycles. The molecule has 6 heteroatoms. The number of rotatable bonds is 3. The van der Waals surface area contributed by atoms with E-state index in [9.17, 15) is 4.79 Å². The molecule has 0 radical (unpaired) electrons. The van der Waals surface area contributed by atoms with Crippen molar-refractivity contribution in [1.82, 2.24) is 14.5 Å². The first-order chi connectivity index (χ1) is 9.74. The van der Waals surface area contributed by atoms with Crippen LogP contribution in [0.2, 0.25) is 0 Å². The molecule has 3 heterocycles. The van der Waals surface area contributed by atoms with E-state index in [0.29, 0.717) is 6.42 Å². The number of carbonyl (C=O) groups excluding carboxylic acids is 1. The van der Waals surface area contributed by atoms with Crippen LogP contribution in [0, 0.1) is 0 Å². The lowest BCUT2D eigenvalue weighted by Gasteiger charge is -2.35. The van der Waals surface area contributed by atoms with Crippen molar-refractivity contribution in [2.75, 3.05) is 31.1 Å². The number of aryl methyl sites for hydroxylation is 1. The van der Waals surface area contributed by atoms with Gasteiger partial charge in [-0.2, -0.15) is 0 Å². The summed E-state index contributed by atoms with van der Waals surface area (Å²) in [7, 11) is 2.00. The Balaban J connectivity index is 1.56. The highest BCUT2D eigenvalue weighted by atomic mass is 32.1. The number of hydrogen-bond acceptors (Lipinski definition) is 4. The smallest absolute Gasteiger partial charge is 0.227 e. The lowest BCUT2D eigenvalue weighted by molar-refractivity contribution is -0.130. The molecule has 1 fully saturated rings. The van der Waals surface area contributed by atoms with Crippen molar-refractivity contribution in [3.63, 3.8) is 0 Å². The SMILES string of the molecule is Cn1ccnc1N1CCN(C(=O)Cc2cccs2)CC1. The number of amides is 1. The number of carbonyl (C=O) groups is 1. The second kappa shape index (κ2) is 5.66. The predicted molar refractivity (Wildman–Crippen MR) is 80.0 cm³/mol. The van der Waals surface area contributed by atoms with Gasteiger partial charge in [0.25, 0.3) is 0 Å². The fourth-order valence-corrected chi connectivity index (χ4v) is 3.19. The van der Waals surface area contributed by atoms with Gasteiger partial charge in [0.05, 0.1) is 6.42 Å². The van der Waals surface area contributed by atoms with Crippen molar-refractivity contribution in [1.29, 1.82) is 0 Å². The number of imidazole rings is 1.